The maximum atomic E-state index is 12.4. The molecule has 0 aliphatic heterocycles. The first kappa shape index (κ1) is 15.3. The fourth-order valence-electron chi connectivity index (χ4n) is 1.69. The molecule has 0 fully saturated rings. The average Bonchev–Trinajstić information content (AvgIpc) is 2.42. The second kappa shape index (κ2) is 7.60. The highest BCUT2D eigenvalue weighted by Crippen LogP contribution is 2.22. The maximum absolute atomic E-state index is 12.4. The molecule has 0 heterocycles. The molecular formula is C13H20N2O4. The number of methoxy groups -OCH3 is 2. The lowest BCUT2D eigenvalue weighted by molar-refractivity contribution is 0.0653. The summed E-state index contributed by atoms with van der Waals surface area (Å²) in [6, 6.07) is 4.86. The largest absolute Gasteiger partial charge is 0.496 e. The molecule has 0 radical (unpaired) electrons. The number of nitrogen functional groups attached to an aromatic ring is 1. The van der Waals surface area contributed by atoms with Crippen molar-refractivity contribution < 1.29 is 19.4 Å². The lowest BCUT2D eigenvalue weighted by Gasteiger charge is -2.22. The normalized spacial score (nSPS) is 10.3. The molecule has 1 aromatic carbocycles. The summed E-state index contributed by atoms with van der Waals surface area (Å²) in [4.78, 5) is 13.9. The van der Waals surface area contributed by atoms with Gasteiger partial charge in [-0.2, -0.15) is 0 Å². The van der Waals surface area contributed by atoms with Crippen molar-refractivity contribution >= 4 is 11.6 Å². The minimum absolute atomic E-state index is 0.104. The van der Waals surface area contributed by atoms with E-state index in [2.05, 4.69) is 0 Å². The molecule has 1 aromatic rings. The molecule has 0 aliphatic rings. The van der Waals surface area contributed by atoms with Gasteiger partial charge in [0.1, 0.15) is 5.75 Å². The van der Waals surface area contributed by atoms with E-state index >= 15 is 0 Å². The van der Waals surface area contributed by atoms with Gasteiger partial charge in [0.15, 0.2) is 0 Å². The van der Waals surface area contributed by atoms with Gasteiger partial charge in [-0.05, 0) is 12.1 Å². The molecule has 19 heavy (non-hydrogen) atoms. The Kier molecular flexibility index (Phi) is 6.11. The molecule has 0 bridgehead atoms. The van der Waals surface area contributed by atoms with E-state index in [0.717, 1.165) is 0 Å². The lowest BCUT2D eigenvalue weighted by atomic mass is 10.1. The van der Waals surface area contributed by atoms with Crippen LogP contribution in [-0.4, -0.2) is 56.4 Å². The summed E-state index contributed by atoms with van der Waals surface area (Å²) in [6.45, 7) is 0.953. The van der Waals surface area contributed by atoms with Crippen molar-refractivity contribution in [1.82, 2.24) is 4.90 Å². The fraction of sp³-hybridized carbons (Fsp3) is 0.462. The van der Waals surface area contributed by atoms with Crippen LogP contribution >= 0.6 is 0 Å². The van der Waals surface area contributed by atoms with Crippen LogP contribution < -0.4 is 10.5 Å². The van der Waals surface area contributed by atoms with Gasteiger partial charge in [-0.3, -0.25) is 4.79 Å². The van der Waals surface area contributed by atoms with Gasteiger partial charge in [-0.1, -0.05) is 0 Å². The van der Waals surface area contributed by atoms with E-state index in [4.69, 9.17) is 20.3 Å². The smallest absolute Gasteiger partial charge is 0.257 e. The third kappa shape index (κ3) is 4.11. The van der Waals surface area contributed by atoms with Crippen LogP contribution in [-0.2, 0) is 4.74 Å². The van der Waals surface area contributed by atoms with Gasteiger partial charge in [-0.15, -0.1) is 0 Å². The highest BCUT2D eigenvalue weighted by atomic mass is 16.5. The second-order valence-electron chi connectivity index (χ2n) is 3.97. The van der Waals surface area contributed by atoms with Crippen molar-refractivity contribution in [1.29, 1.82) is 0 Å². The van der Waals surface area contributed by atoms with Crippen LogP contribution in [0.15, 0.2) is 18.2 Å². The molecule has 6 nitrogen and oxygen atoms in total. The molecule has 0 saturated heterocycles. The molecule has 0 aromatic heterocycles. The zero-order valence-electron chi connectivity index (χ0n) is 11.3. The molecule has 0 spiro atoms. The number of aliphatic hydroxyl groups excluding tert-OH is 1. The molecule has 0 unspecified atom stereocenters. The third-order valence-electron chi connectivity index (χ3n) is 2.68. The maximum Gasteiger partial charge on any atom is 0.257 e. The van der Waals surface area contributed by atoms with Crippen molar-refractivity contribution in [2.45, 2.75) is 0 Å². The van der Waals surface area contributed by atoms with Crippen molar-refractivity contribution in [3.8, 4) is 5.75 Å². The number of amides is 1. The van der Waals surface area contributed by atoms with Crippen LogP contribution in [0.2, 0.25) is 0 Å². The summed E-state index contributed by atoms with van der Waals surface area (Å²) >= 11 is 0. The van der Waals surface area contributed by atoms with E-state index in [1.54, 1.807) is 25.3 Å². The van der Waals surface area contributed by atoms with Crippen molar-refractivity contribution in [2.75, 3.05) is 46.3 Å². The molecule has 0 aliphatic carbocycles. The van der Waals surface area contributed by atoms with Gasteiger partial charge in [0.25, 0.3) is 5.91 Å². The SMILES string of the molecule is COCCN(CCO)C(=O)c1ccc(N)cc1OC. The summed E-state index contributed by atoms with van der Waals surface area (Å²) in [5, 5.41) is 9.02. The monoisotopic (exact) mass is 268 g/mol. The Labute approximate surface area is 112 Å². The number of carbonyl (C=O) groups excluding carboxylic acids is 1. The number of hydrogen-bond acceptors (Lipinski definition) is 5. The van der Waals surface area contributed by atoms with Gasteiger partial charge >= 0.3 is 0 Å². The molecule has 0 saturated carbocycles. The Balaban J connectivity index is 2.94. The van der Waals surface area contributed by atoms with Crippen molar-refractivity contribution in [2.24, 2.45) is 0 Å². The van der Waals surface area contributed by atoms with Crippen molar-refractivity contribution in [3.05, 3.63) is 23.8 Å². The topological polar surface area (TPSA) is 85.0 Å². The zero-order valence-corrected chi connectivity index (χ0v) is 11.3. The molecule has 6 heteroatoms. The number of hydrogen-bond donors (Lipinski definition) is 2. The van der Waals surface area contributed by atoms with Crippen LogP contribution in [0.4, 0.5) is 5.69 Å². The number of ether oxygens (including phenoxy) is 2. The summed E-state index contributed by atoms with van der Waals surface area (Å²) < 4.78 is 10.1. The quantitative estimate of drug-likeness (QED) is 0.697. The van der Waals surface area contributed by atoms with E-state index in [9.17, 15) is 4.79 Å². The Hall–Kier alpha value is -1.79. The molecule has 3 N–H and O–H groups in total. The first-order valence-corrected chi connectivity index (χ1v) is 5.96. The number of anilines is 1. The Morgan fingerprint density at radius 2 is 2.11 bits per heavy atom. The van der Waals surface area contributed by atoms with Crippen LogP contribution in [0.25, 0.3) is 0 Å². The van der Waals surface area contributed by atoms with Crippen LogP contribution in [0, 0.1) is 0 Å². The highest BCUT2D eigenvalue weighted by Gasteiger charge is 2.19. The average molecular weight is 268 g/mol. The Morgan fingerprint density at radius 1 is 1.37 bits per heavy atom. The second-order valence-corrected chi connectivity index (χ2v) is 3.97. The van der Waals surface area contributed by atoms with E-state index < -0.39 is 0 Å². The van der Waals surface area contributed by atoms with Crippen LogP contribution in [0.3, 0.4) is 0 Å². The van der Waals surface area contributed by atoms with Gasteiger partial charge in [0.05, 0.1) is 25.9 Å². The summed E-state index contributed by atoms with van der Waals surface area (Å²) in [7, 11) is 3.04. The first-order valence-electron chi connectivity index (χ1n) is 5.96. The number of aliphatic hydroxyl groups is 1. The molecule has 1 amide bonds. The number of rotatable bonds is 7. The number of benzene rings is 1. The third-order valence-corrected chi connectivity index (χ3v) is 2.68. The van der Waals surface area contributed by atoms with E-state index in [1.807, 2.05) is 0 Å². The van der Waals surface area contributed by atoms with E-state index in [0.29, 0.717) is 30.2 Å². The van der Waals surface area contributed by atoms with Gasteiger partial charge in [0, 0.05) is 32.0 Å². The highest BCUT2D eigenvalue weighted by molar-refractivity contribution is 5.97. The molecular weight excluding hydrogens is 248 g/mol. The summed E-state index contributed by atoms with van der Waals surface area (Å²) in [5.74, 6) is 0.202. The number of nitrogens with two attached hydrogens (primary N) is 1. The fourth-order valence-corrected chi connectivity index (χ4v) is 1.69. The summed E-state index contributed by atoms with van der Waals surface area (Å²) in [6.07, 6.45) is 0. The summed E-state index contributed by atoms with van der Waals surface area (Å²) in [5.41, 5.74) is 6.60. The molecule has 106 valence electrons. The van der Waals surface area contributed by atoms with E-state index in [-0.39, 0.29) is 19.1 Å². The van der Waals surface area contributed by atoms with Crippen LogP contribution in [0.5, 0.6) is 5.75 Å². The van der Waals surface area contributed by atoms with E-state index in [1.165, 1.54) is 12.0 Å². The lowest BCUT2D eigenvalue weighted by Crippen LogP contribution is -2.36. The van der Waals surface area contributed by atoms with Gasteiger partial charge in [0.2, 0.25) is 0 Å². The van der Waals surface area contributed by atoms with Gasteiger partial charge in [-0.25, -0.2) is 0 Å². The molecule has 0 atom stereocenters. The standard InChI is InChI=1S/C13H20N2O4/c1-18-8-6-15(5-7-16)13(17)11-4-3-10(14)9-12(11)19-2/h3-4,9,16H,5-8,14H2,1-2H3. The molecule has 1 rings (SSSR count). The Morgan fingerprint density at radius 3 is 2.68 bits per heavy atom. The predicted octanol–water partition coefficient (Wildman–Crippen LogP) is 0.358. The first-order chi connectivity index (χ1) is 9.13. The van der Waals surface area contributed by atoms with Crippen molar-refractivity contribution in [3.63, 3.8) is 0 Å². The number of nitrogens with zero attached hydrogens (tertiary/aromatic N) is 1. The van der Waals surface area contributed by atoms with Crippen LogP contribution in [0.1, 0.15) is 10.4 Å². The Bertz CT molecular complexity index is 423. The predicted molar refractivity (Wildman–Crippen MR) is 72.3 cm³/mol. The van der Waals surface area contributed by atoms with Gasteiger partial charge < -0.3 is 25.2 Å². The number of carbonyl (C=O) groups is 1. The minimum Gasteiger partial charge on any atom is -0.496 e. The zero-order chi connectivity index (χ0) is 14.3. The minimum atomic E-state index is -0.219.